The lowest BCUT2D eigenvalue weighted by atomic mass is 9.98. The highest BCUT2D eigenvalue weighted by atomic mass is 35.5. The maximum absolute atomic E-state index is 6.21. The fourth-order valence-corrected chi connectivity index (χ4v) is 4.06. The van der Waals surface area contributed by atoms with Crippen LogP contribution < -0.4 is 11.5 Å². The Balaban J connectivity index is 1.48. The van der Waals surface area contributed by atoms with Gasteiger partial charge in [-0.15, -0.1) is 0 Å². The molecule has 0 aliphatic heterocycles. The van der Waals surface area contributed by atoms with E-state index in [4.69, 9.17) is 34.7 Å². The van der Waals surface area contributed by atoms with Gasteiger partial charge in [-0.1, -0.05) is 83.9 Å². The maximum Gasteiger partial charge on any atom is 0.222 e. The molecular weight excluding hydrogens is 439 g/mol. The van der Waals surface area contributed by atoms with Crippen molar-refractivity contribution in [2.75, 3.05) is 11.5 Å². The number of aromatic nitrogens is 2. The zero-order chi connectivity index (χ0) is 22.5. The molecule has 0 saturated carbocycles. The second kappa shape index (κ2) is 10.0. The third-order valence-corrected chi connectivity index (χ3v) is 6.20. The summed E-state index contributed by atoms with van der Waals surface area (Å²) in [5.41, 5.74) is 18.4. The summed E-state index contributed by atoms with van der Waals surface area (Å²) in [6, 6.07) is 24.7. The molecule has 162 valence electrons. The Morgan fingerprint density at radius 3 is 1.84 bits per heavy atom. The normalized spacial score (nSPS) is 10.9. The van der Waals surface area contributed by atoms with E-state index < -0.39 is 0 Å². The molecule has 0 aliphatic carbocycles. The van der Waals surface area contributed by atoms with Crippen LogP contribution in [-0.2, 0) is 25.7 Å². The first-order valence-electron chi connectivity index (χ1n) is 10.5. The molecule has 0 spiro atoms. The molecule has 0 saturated heterocycles. The van der Waals surface area contributed by atoms with E-state index in [1.54, 1.807) is 12.1 Å². The van der Waals surface area contributed by atoms with E-state index in [9.17, 15) is 0 Å². The molecule has 4 nitrogen and oxygen atoms in total. The monoisotopic (exact) mass is 462 g/mol. The molecule has 4 aromatic rings. The number of nitrogens with zero attached hydrogens (tertiary/aromatic N) is 2. The molecule has 1 heterocycles. The van der Waals surface area contributed by atoms with Crippen molar-refractivity contribution in [1.82, 2.24) is 9.97 Å². The molecule has 0 amide bonds. The number of aryl methyl sites for hydroxylation is 4. The van der Waals surface area contributed by atoms with Gasteiger partial charge in [-0.05, 0) is 60.1 Å². The summed E-state index contributed by atoms with van der Waals surface area (Å²) in [5, 5.41) is 0.941. The molecule has 0 radical (unpaired) electrons. The second-order valence-electron chi connectivity index (χ2n) is 7.72. The van der Waals surface area contributed by atoms with Crippen molar-refractivity contribution in [2.24, 2.45) is 0 Å². The minimum absolute atomic E-state index is 0.164. The molecule has 6 heteroatoms. The Morgan fingerprint density at radius 1 is 0.625 bits per heavy atom. The number of hydrogen-bond donors (Lipinski definition) is 2. The van der Waals surface area contributed by atoms with Crippen LogP contribution in [0.25, 0.3) is 11.1 Å². The second-order valence-corrected chi connectivity index (χ2v) is 8.53. The largest absolute Gasteiger partial charge is 0.383 e. The molecule has 4 rings (SSSR count). The van der Waals surface area contributed by atoms with Crippen LogP contribution >= 0.6 is 23.2 Å². The summed E-state index contributed by atoms with van der Waals surface area (Å²) in [6.45, 7) is 0. The summed E-state index contributed by atoms with van der Waals surface area (Å²) in [7, 11) is 0. The minimum atomic E-state index is 0.164. The smallest absolute Gasteiger partial charge is 0.222 e. The van der Waals surface area contributed by atoms with Crippen molar-refractivity contribution in [3.05, 3.63) is 105 Å². The van der Waals surface area contributed by atoms with E-state index in [-0.39, 0.29) is 5.95 Å². The molecule has 0 unspecified atom stereocenters. The van der Waals surface area contributed by atoms with Crippen molar-refractivity contribution in [1.29, 1.82) is 0 Å². The first-order chi connectivity index (χ1) is 15.5. The lowest BCUT2D eigenvalue weighted by Crippen LogP contribution is -2.08. The van der Waals surface area contributed by atoms with Crippen LogP contribution in [0.2, 0.25) is 10.0 Å². The van der Waals surface area contributed by atoms with Gasteiger partial charge in [-0.3, -0.25) is 0 Å². The Hall–Kier alpha value is -3.08. The highest BCUT2D eigenvalue weighted by Crippen LogP contribution is 2.33. The van der Waals surface area contributed by atoms with Crippen LogP contribution in [0.4, 0.5) is 11.8 Å². The highest BCUT2D eigenvalue weighted by Gasteiger charge is 2.15. The molecule has 0 bridgehead atoms. The molecule has 0 aliphatic rings. The summed E-state index contributed by atoms with van der Waals surface area (Å²) in [6.07, 6.45) is 3.54. The van der Waals surface area contributed by atoms with E-state index in [0.717, 1.165) is 36.1 Å². The van der Waals surface area contributed by atoms with Crippen molar-refractivity contribution in [3.63, 3.8) is 0 Å². The fraction of sp³-hybridized carbons (Fsp3) is 0.154. The first-order valence-corrected chi connectivity index (χ1v) is 11.2. The molecular formula is C26H24Cl2N4. The number of rotatable bonds is 7. The van der Waals surface area contributed by atoms with E-state index in [2.05, 4.69) is 58.5 Å². The predicted octanol–water partition coefficient (Wildman–Crippen LogP) is 6.19. The summed E-state index contributed by atoms with van der Waals surface area (Å²) >= 11 is 12.3. The summed E-state index contributed by atoms with van der Waals surface area (Å²) in [5.74, 6) is 0.500. The molecule has 4 N–H and O–H groups in total. The van der Waals surface area contributed by atoms with Crippen LogP contribution in [0, 0.1) is 0 Å². The standard InChI is InChI=1S/C26H24Cl2N4/c27-21-14-13-20(16-22(21)28)24-23(31-26(30)32-25(24)29)15-12-19-10-8-18(9-11-19)7-6-17-4-2-1-3-5-17/h1-5,8-11,13-14,16H,6-7,12,15H2,(H4,29,30,31,32). The zero-order valence-corrected chi connectivity index (χ0v) is 19.1. The quantitative estimate of drug-likeness (QED) is 0.343. The minimum Gasteiger partial charge on any atom is -0.383 e. The van der Waals surface area contributed by atoms with Crippen molar-refractivity contribution in [3.8, 4) is 11.1 Å². The Morgan fingerprint density at radius 2 is 1.22 bits per heavy atom. The molecule has 3 aromatic carbocycles. The van der Waals surface area contributed by atoms with Crippen LogP contribution in [0.1, 0.15) is 22.4 Å². The van der Waals surface area contributed by atoms with Gasteiger partial charge in [-0.2, -0.15) is 4.98 Å². The van der Waals surface area contributed by atoms with Crippen LogP contribution in [0.5, 0.6) is 0 Å². The van der Waals surface area contributed by atoms with Gasteiger partial charge in [0.2, 0.25) is 5.95 Å². The Labute approximate surface area is 198 Å². The Bertz CT molecular complexity index is 1210. The van der Waals surface area contributed by atoms with Gasteiger partial charge in [0.25, 0.3) is 0 Å². The van der Waals surface area contributed by atoms with Gasteiger partial charge in [0.15, 0.2) is 0 Å². The van der Waals surface area contributed by atoms with Gasteiger partial charge in [0.1, 0.15) is 5.82 Å². The topological polar surface area (TPSA) is 77.8 Å². The van der Waals surface area contributed by atoms with Crippen molar-refractivity contribution >= 4 is 35.0 Å². The highest BCUT2D eigenvalue weighted by molar-refractivity contribution is 6.42. The molecule has 0 atom stereocenters. The van der Waals surface area contributed by atoms with Crippen molar-refractivity contribution in [2.45, 2.75) is 25.7 Å². The average molecular weight is 463 g/mol. The lowest BCUT2D eigenvalue weighted by Gasteiger charge is -2.13. The number of nitrogens with two attached hydrogens (primary N) is 2. The summed E-state index contributed by atoms with van der Waals surface area (Å²) in [4.78, 5) is 8.61. The average Bonchev–Trinajstić information content (AvgIpc) is 2.79. The SMILES string of the molecule is Nc1nc(N)c(-c2ccc(Cl)c(Cl)c2)c(CCc2ccc(CCc3ccccc3)cc2)n1. The number of hydrogen-bond acceptors (Lipinski definition) is 4. The molecule has 32 heavy (non-hydrogen) atoms. The Kier molecular flexibility index (Phi) is 6.93. The third-order valence-electron chi connectivity index (χ3n) is 5.46. The van der Waals surface area contributed by atoms with E-state index in [1.165, 1.54) is 16.7 Å². The first kappa shape index (κ1) is 22.1. The number of anilines is 2. The summed E-state index contributed by atoms with van der Waals surface area (Å²) < 4.78 is 0. The predicted molar refractivity (Wildman–Crippen MR) is 134 cm³/mol. The van der Waals surface area contributed by atoms with E-state index >= 15 is 0 Å². The fourth-order valence-electron chi connectivity index (χ4n) is 3.76. The molecule has 0 fully saturated rings. The van der Waals surface area contributed by atoms with Crippen LogP contribution in [0.3, 0.4) is 0 Å². The number of halogens is 2. The maximum atomic E-state index is 6.21. The molecule has 1 aromatic heterocycles. The van der Waals surface area contributed by atoms with Crippen LogP contribution in [0.15, 0.2) is 72.8 Å². The number of benzene rings is 3. The zero-order valence-electron chi connectivity index (χ0n) is 17.6. The van der Waals surface area contributed by atoms with Gasteiger partial charge in [0, 0.05) is 5.56 Å². The van der Waals surface area contributed by atoms with E-state index in [1.807, 2.05) is 12.1 Å². The van der Waals surface area contributed by atoms with Crippen molar-refractivity contribution < 1.29 is 0 Å². The lowest BCUT2D eigenvalue weighted by molar-refractivity contribution is 0.905. The van der Waals surface area contributed by atoms with Gasteiger partial charge < -0.3 is 11.5 Å². The van der Waals surface area contributed by atoms with Gasteiger partial charge in [0.05, 0.1) is 15.7 Å². The van der Waals surface area contributed by atoms with Gasteiger partial charge in [-0.25, -0.2) is 4.98 Å². The number of nitrogen functional groups attached to an aromatic ring is 2. The third kappa shape index (κ3) is 5.39. The van der Waals surface area contributed by atoms with Gasteiger partial charge >= 0.3 is 0 Å². The van der Waals surface area contributed by atoms with E-state index in [0.29, 0.717) is 22.3 Å². The van der Waals surface area contributed by atoms with Crippen LogP contribution in [-0.4, -0.2) is 9.97 Å².